The zero-order chi connectivity index (χ0) is 27.9. The number of hydrogen-bond acceptors (Lipinski definition) is 5. The highest BCUT2D eigenvalue weighted by Gasteiger charge is 2.24. The third-order valence-electron chi connectivity index (χ3n) is 5.73. The van der Waals surface area contributed by atoms with Gasteiger partial charge in [0.15, 0.2) is 22.4 Å². The van der Waals surface area contributed by atoms with Crippen LogP contribution in [0.3, 0.4) is 0 Å². The van der Waals surface area contributed by atoms with Crippen LogP contribution in [0.5, 0.6) is 17.2 Å². The Labute approximate surface area is 229 Å². The van der Waals surface area contributed by atoms with Crippen molar-refractivity contribution in [3.8, 4) is 17.2 Å². The third-order valence-corrected chi connectivity index (χ3v) is 8.66. The van der Waals surface area contributed by atoms with E-state index in [1.807, 2.05) is 6.07 Å². The van der Waals surface area contributed by atoms with Crippen molar-refractivity contribution >= 4 is 25.0 Å². The van der Waals surface area contributed by atoms with Gasteiger partial charge in [0.1, 0.15) is 11.5 Å². The topological polar surface area (TPSA) is 46.2 Å². The molecular weight excluding hydrogens is 513 g/mol. The summed E-state index contributed by atoms with van der Waals surface area (Å²) in [5, 5.41) is 0. The van der Waals surface area contributed by atoms with Crippen LogP contribution in [0.25, 0.3) is 0 Å². The van der Waals surface area contributed by atoms with E-state index in [0.717, 1.165) is 43.1 Å². The van der Waals surface area contributed by atoms with Gasteiger partial charge in [0, 0.05) is 19.1 Å². The fraction of sp³-hybridized carbons (Fsp3) is 0.586. The lowest BCUT2D eigenvalue weighted by Gasteiger charge is -2.26. The quantitative estimate of drug-likeness (QED) is 0.163. The number of methoxy groups -OCH3 is 2. The Hall–Kier alpha value is -1.59. The Bertz CT molecular complexity index is 991. The maximum atomic E-state index is 6.43. The number of rotatable bonds is 15. The number of aryl methyl sites for hydroxylation is 1. The molecule has 0 fully saturated rings. The zero-order valence-corrected chi connectivity index (χ0v) is 28.1. The lowest BCUT2D eigenvalue weighted by atomic mass is 9.90. The van der Waals surface area contributed by atoms with Crippen molar-refractivity contribution in [1.82, 2.24) is 0 Å². The van der Waals surface area contributed by atoms with Crippen LogP contribution in [0.1, 0.15) is 29.0 Å². The third kappa shape index (κ3) is 11.8. The molecule has 37 heavy (non-hydrogen) atoms. The molecule has 8 heteroatoms. The largest absolute Gasteiger partial charge is 0.542 e. The fourth-order valence-electron chi connectivity index (χ4n) is 4.05. The van der Waals surface area contributed by atoms with Gasteiger partial charge in [0.25, 0.3) is 0 Å². The van der Waals surface area contributed by atoms with Crippen LogP contribution in [0, 0.1) is 0 Å². The summed E-state index contributed by atoms with van der Waals surface area (Å²) in [5.41, 5.74) is 3.65. The van der Waals surface area contributed by atoms with Crippen molar-refractivity contribution in [2.45, 2.75) is 84.1 Å². The number of hydrogen-bond donors (Lipinski definition) is 0. The number of ether oxygens (including phenoxy) is 2. The second kappa shape index (κ2) is 13.5. The minimum Gasteiger partial charge on any atom is -0.542 e. The molecule has 0 spiro atoms. The van der Waals surface area contributed by atoms with E-state index in [1.54, 1.807) is 14.2 Å². The molecular formula is C29H50O5Si3. The van der Waals surface area contributed by atoms with Gasteiger partial charge in [-0.1, -0.05) is 18.2 Å². The molecule has 0 amide bonds. The molecule has 208 valence electrons. The van der Waals surface area contributed by atoms with Gasteiger partial charge >= 0.3 is 0 Å². The molecule has 0 bridgehead atoms. The first-order valence-electron chi connectivity index (χ1n) is 13.4. The van der Waals surface area contributed by atoms with Crippen molar-refractivity contribution in [3.05, 3.63) is 53.1 Å². The van der Waals surface area contributed by atoms with E-state index in [-0.39, 0.29) is 5.92 Å². The van der Waals surface area contributed by atoms with E-state index in [4.69, 9.17) is 22.8 Å². The van der Waals surface area contributed by atoms with E-state index >= 15 is 0 Å². The standard InChI is InChI=1S/C29H50O5Si3/c1-30-28-20-23(13-12-18-32-35(3,4)5)14-16-26(28)25(22-33-36(6,7)8)19-24-15-17-27(29(21-24)31-2)34-37(9,10)11/h14-17,20-21,25H,12-13,18-19,22H2,1-11H3. The lowest BCUT2D eigenvalue weighted by Crippen LogP contribution is -2.29. The summed E-state index contributed by atoms with van der Waals surface area (Å²) < 4.78 is 30.3. The molecule has 5 nitrogen and oxygen atoms in total. The molecule has 0 saturated heterocycles. The fourth-order valence-corrected chi connectivity index (χ4v) is 6.34. The number of benzene rings is 2. The monoisotopic (exact) mass is 562 g/mol. The molecule has 2 rings (SSSR count). The second-order valence-electron chi connectivity index (χ2n) is 12.7. The molecule has 0 aliphatic carbocycles. The molecule has 0 aliphatic rings. The van der Waals surface area contributed by atoms with Gasteiger partial charge in [-0.05, 0) is 113 Å². The Balaban J connectivity index is 2.28. The van der Waals surface area contributed by atoms with E-state index in [9.17, 15) is 0 Å². The first kappa shape index (κ1) is 31.6. The van der Waals surface area contributed by atoms with Gasteiger partial charge in [0.2, 0.25) is 8.32 Å². The van der Waals surface area contributed by atoms with Crippen LogP contribution in [0.2, 0.25) is 58.9 Å². The van der Waals surface area contributed by atoms with Gasteiger partial charge in [-0.3, -0.25) is 0 Å². The molecule has 0 heterocycles. The van der Waals surface area contributed by atoms with Crippen molar-refractivity contribution in [2.75, 3.05) is 27.4 Å². The molecule has 2 aromatic rings. The van der Waals surface area contributed by atoms with Gasteiger partial charge in [-0.15, -0.1) is 0 Å². The van der Waals surface area contributed by atoms with Crippen LogP contribution >= 0.6 is 0 Å². The summed E-state index contributed by atoms with van der Waals surface area (Å²) in [5.74, 6) is 2.70. The van der Waals surface area contributed by atoms with Crippen LogP contribution in [0.15, 0.2) is 36.4 Å². The summed E-state index contributed by atoms with van der Waals surface area (Å²) in [4.78, 5) is 0. The zero-order valence-electron chi connectivity index (χ0n) is 25.1. The van der Waals surface area contributed by atoms with Crippen molar-refractivity contribution in [2.24, 2.45) is 0 Å². The van der Waals surface area contributed by atoms with E-state index < -0.39 is 25.0 Å². The first-order chi connectivity index (χ1) is 17.1. The summed E-state index contributed by atoms with van der Waals surface area (Å²) in [6.45, 7) is 21.4. The molecule has 0 aliphatic heterocycles. The van der Waals surface area contributed by atoms with Crippen LogP contribution in [0.4, 0.5) is 0 Å². The smallest absolute Gasteiger partial charge is 0.242 e. The molecule has 1 unspecified atom stereocenters. The molecule has 1 atom stereocenters. The van der Waals surface area contributed by atoms with E-state index in [0.29, 0.717) is 6.61 Å². The van der Waals surface area contributed by atoms with Gasteiger partial charge in [0.05, 0.1) is 14.2 Å². The Morgan fingerprint density at radius 1 is 0.649 bits per heavy atom. The highest BCUT2D eigenvalue weighted by Crippen LogP contribution is 2.35. The summed E-state index contributed by atoms with van der Waals surface area (Å²) in [7, 11) is -1.43. The highest BCUT2D eigenvalue weighted by molar-refractivity contribution is 6.70. The van der Waals surface area contributed by atoms with Crippen LogP contribution < -0.4 is 13.9 Å². The van der Waals surface area contributed by atoms with Crippen LogP contribution in [-0.2, 0) is 21.7 Å². The maximum Gasteiger partial charge on any atom is 0.242 e. The van der Waals surface area contributed by atoms with Crippen molar-refractivity contribution in [1.29, 1.82) is 0 Å². The lowest BCUT2D eigenvalue weighted by molar-refractivity contribution is 0.276. The van der Waals surface area contributed by atoms with Gasteiger partial charge in [-0.2, -0.15) is 0 Å². The van der Waals surface area contributed by atoms with E-state index in [1.165, 1.54) is 16.7 Å². The summed E-state index contributed by atoms with van der Waals surface area (Å²) in [6.07, 6.45) is 2.82. The molecule has 0 N–H and O–H groups in total. The minimum absolute atomic E-state index is 0.166. The second-order valence-corrected chi connectivity index (χ2v) is 26.1. The van der Waals surface area contributed by atoms with E-state index in [2.05, 4.69) is 89.3 Å². The highest BCUT2D eigenvalue weighted by atomic mass is 28.4. The molecule has 2 aromatic carbocycles. The predicted octanol–water partition coefficient (Wildman–Crippen LogP) is 7.88. The maximum absolute atomic E-state index is 6.43. The van der Waals surface area contributed by atoms with Gasteiger partial charge < -0.3 is 22.8 Å². The average molecular weight is 563 g/mol. The van der Waals surface area contributed by atoms with Crippen LogP contribution in [-0.4, -0.2) is 52.4 Å². The summed E-state index contributed by atoms with van der Waals surface area (Å²) >= 11 is 0. The first-order valence-corrected chi connectivity index (χ1v) is 23.6. The summed E-state index contributed by atoms with van der Waals surface area (Å²) in [6, 6.07) is 13.0. The van der Waals surface area contributed by atoms with Crippen molar-refractivity contribution < 1.29 is 22.8 Å². The van der Waals surface area contributed by atoms with Gasteiger partial charge in [-0.25, -0.2) is 0 Å². The molecule has 0 aromatic heterocycles. The normalized spacial score (nSPS) is 13.4. The molecule has 0 radical (unpaired) electrons. The molecule has 0 saturated carbocycles. The SMILES string of the molecule is COc1cc(CC(CO[Si](C)(C)C)c2ccc(CCCO[Si](C)(C)C)cc2OC)ccc1O[Si](C)(C)C. The Kier molecular flexibility index (Phi) is 11.5. The van der Waals surface area contributed by atoms with Crippen molar-refractivity contribution in [3.63, 3.8) is 0 Å². The predicted molar refractivity (Wildman–Crippen MR) is 163 cm³/mol. The Morgan fingerprint density at radius 3 is 1.81 bits per heavy atom. The minimum atomic E-state index is -1.74. The average Bonchev–Trinajstić information content (AvgIpc) is 2.78. The Morgan fingerprint density at radius 2 is 1.24 bits per heavy atom.